The molecule has 0 aliphatic rings. The number of carbonyl (C=O) groups is 1. The van der Waals surface area contributed by atoms with Crippen LogP contribution in [0.2, 0.25) is 0 Å². The molecule has 0 saturated heterocycles. The van der Waals surface area contributed by atoms with Gasteiger partial charge < -0.3 is 9.47 Å². The number of hydrogen-bond donors (Lipinski definition) is 0. The van der Waals surface area contributed by atoms with Gasteiger partial charge >= 0.3 is 12.1 Å². The fourth-order valence-electron chi connectivity index (χ4n) is 1.94. The van der Waals surface area contributed by atoms with Crippen molar-refractivity contribution in [3.05, 3.63) is 65.0 Å². The predicted molar refractivity (Wildman–Crippen MR) is 73.5 cm³/mol. The Balaban J connectivity index is 2.19. The van der Waals surface area contributed by atoms with Gasteiger partial charge in [-0.15, -0.1) is 0 Å². The van der Waals surface area contributed by atoms with Crippen LogP contribution < -0.4 is 4.74 Å². The van der Waals surface area contributed by atoms with E-state index < -0.39 is 35.7 Å². The molecule has 0 amide bonds. The van der Waals surface area contributed by atoms with Crippen molar-refractivity contribution in [2.45, 2.75) is 12.8 Å². The first kappa shape index (κ1) is 16.8. The van der Waals surface area contributed by atoms with Gasteiger partial charge in [0.1, 0.15) is 18.2 Å². The number of benzene rings is 2. The van der Waals surface area contributed by atoms with Gasteiger partial charge in [0, 0.05) is 5.56 Å². The molecular formula is C16H12F4O3. The number of ether oxygens (including phenoxy) is 2. The lowest BCUT2D eigenvalue weighted by molar-refractivity contribution is -0.139. The van der Waals surface area contributed by atoms with Crippen LogP contribution in [-0.2, 0) is 17.5 Å². The largest absolute Gasteiger partial charge is 0.497 e. The van der Waals surface area contributed by atoms with Gasteiger partial charge in [0.05, 0.1) is 18.2 Å². The summed E-state index contributed by atoms with van der Waals surface area (Å²) in [5, 5.41) is 0. The summed E-state index contributed by atoms with van der Waals surface area (Å²) in [7, 11) is 1.40. The second kappa shape index (κ2) is 6.68. The third-order valence-electron chi connectivity index (χ3n) is 3.08. The molecule has 122 valence electrons. The van der Waals surface area contributed by atoms with Gasteiger partial charge in [-0.3, -0.25) is 0 Å². The molecule has 0 heterocycles. The quantitative estimate of drug-likeness (QED) is 0.623. The maximum absolute atomic E-state index is 13.6. The van der Waals surface area contributed by atoms with Crippen molar-refractivity contribution in [3.8, 4) is 5.75 Å². The minimum absolute atomic E-state index is 0.0919. The van der Waals surface area contributed by atoms with Crippen molar-refractivity contribution in [2.75, 3.05) is 7.11 Å². The maximum atomic E-state index is 13.6. The highest BCUT2D eigenvalue weighted by Crippen LogP contribution is 2.33. The summed E-state index contributed by atoms with van der Waals surface area (Å²) in [6.07, 6.45) is -4.74. The van der Waals surface area contributed by atoms with E-state index in [-0.39, 0.29) is 5.56 Å². The lowest BCUT2D eigenvalue weighted by Crippen LogP contribution is -2.13. The van der Waals surface area contributed by atoms with E-state index in [0.29, 0.717) is 5.75 Å². The van der Waals surface area contributed by atoms with Crippen molar-refractivity contribution in [1.82, 2.24) is 0 Å². The Labute approximate surface area is 129 Å². The maximum Gasteiger partial charge on any atom is 0.416 e. The Bertz CT molecular complexity index is 711. The first-order valence-electron chi connectivity index (χ1n) is 6.48. The number of alkyl halides is 3. The van der Waals surface area contributed by atoms with E-state index in [0.717, 1.165) is 18.2 Å². The van der Waals surface area contributed by atoms with Crippen molar-refractivity contribution in [1.29, 1.82) is 0 Å². The fraction of sp³-hybridized carbons (Fsp3) is 0.188. The van der Waals surface area contributed by atoms with Crippen LogP contribution in [0.25, 0.3) is 0 Å². The number of hydrogen-bond acceptors (Lipinski definition) is 3. The normalized spacial score (nSPS) is 11.2. The van der Waals surface area contributed by atoms with E-state index in [9.17, 15) is 22.4 Å². The SMILES string of the molecule is COc1cccc(C(=O)OCc2c(F)cccc2C(F)(F)F)c1. The number of rotatable bonds is 4. The van der Waals surface area contributed by atoms with Gasteiger partial charge in [0.2, 0.25) is 0 Å². The zero-order valence-electron chi connectivity index (χ0n) is 12.0. The number of esters is 1. The molecule has 0 N–H and O–H groups in total. The summed E-state index contributed by atoms with van der Waals surface area (Å²) in [5.41, 5.74) is -1.79. The molecule has 7 heteroatoms. The van der Waals surface area contributed by atoms with Crippen LogP contribution in [0.3, 0.4) is 0 Å². The van der Waals surface area contributed by atoms with Crippen LogP contribution >= 0.6 is 0 Å². The van der Waals surface area contributed by atoms with Crippen molar-refractivity contribution in [3.63, 3.8) is 0 Å². The molecule has 0 saturated carbocycles. The second-order valence-electron chi connectivity index (χ2n) is 4.57. The Hall–Kier alpha value is -2.57. The van der Waals surface area contributed by atoms with Crippen LogP contribution in [0.15, 0.2) is 42.5 Å². The lowest BCUT2D eigenvalue weighted by atomic mass is 10.1. The predicted octanol–water partition coefficient (Wildman–Crippen LogP) is 4.21. The van der Waals surface area contributed by atoms with Gasteiger partial charge in [-0.2, -0.15) is 13.2 Å². The minimum Gasteiger partial charge on any atom is -0.497 e. The molecule has 0 bridgehead atoms. The van der Waals surface area contributed by atoms with Crippen LogP contribution in [0, 0.1) is 5.82 Å². The molecule has 0 atom stereocenters. The van der Waals surface area contributed by atoms with Gasteiger partial charge in [-0.25, -0.2) is 9.18 Å². The number of carbonyl (C=O) groups excluding carboxylic acids is 1. The third-order valence-corrected chi connectivity index (χ3v) is 3.08. The monoisotopic (exact) mass is 328 g/mol. The summed E-state index contributed by atoms with van der Waals surface area (Å²) in [6.45, 7) is -0.822. The van der Waals surface area contributed by atoms with Gasteiger partial charge in [-0.05, 0) is 30.3 Å². The lowest BCUT2D eigenvalue weighted by Gasteiger charge is -2.14. The van der Waals surface area contributed by atoms with Gasteiger partial charge in [-0.1, -0.05) is 12.1 Å². The van der Waals surface area contributed by atoms with E-state index in [1.807, 2.05) is 0 Å². The number of methoxy groups -OCH3 is 1. The Morgan fingerprint density at radius 2 is 1.83 bits per heavy atom. The summed E-state index contributed by atoms with van der Waals surface area (Å²) >= 11 is 0. The van der Waals surface area contributed by atoms with Crippen LogP contribution in [0.1, 0.15) is 21.5 Å². The second-order valence-corrected chi connectivity index (χ2v) is 4.57. The zero-order valence-corrected chi connectivity index (χ0v) is 12.0. The smallest absolute Gasteiger partial charge is 0.416 e. The summed E-state index contributed by atoms with van der Waals surface area (Å²) in [5.74, 6) is -1.57. The summed E-state index contributed by atoms with van der Waals surface area (Å²) in [6, 6.07) is 8.47. The van der Waals surface area contributed by atoms with Gasteiger partial charge in [0.25, 0.3) is 0 Å². The third kappa shape index (κ3) is 4.00. The molecule has 0 aromatic heterocycles. The Morgan fingerprint density at radius 3 is 2.48 bits per heavy atom. The highest BCUT2D eigenvalue weighted by atomic mass is 19.4. The van der Waals surface area contributed by atoms with E-state index in [4.69, 9.17) is 9.47 Å². The first-order chi connectivity index (χ1) is 10.8. The highest BCUT2D eigenvalue weighted by molar-refractivity contribution is 5.89. The molecule has 2 aromatic carbocycles. The fourth-order valence-corrected chi connectivity index (χ4v) is 1.94. The van der Waals surface area contributed by atoms with Crippen molar-refractivity contribution in [2.24, 2.45) is 0 Å². The molecule has 0 unspecified atom stereocenters. The molecule has 2 rings (SSSR count). The summed E-state index contributed by atoms with van der Waals surface area (Å²) in [4.78, 5) is 11.9. The van der Waals surface area contributed by atoms with Crippen molar-refractivity contribution >= 4 is 5.97 Å². The molecule has 0 aliphatic carbocycles. The molecule has 0 spiro atoms. The van der Waals surface area contributed by atoms with Gasteiger partial charge in [0.15, 0.2) is 0 Å². The first-order valence-corrected chi connectivity index (χ1v) is 6.48. The molecule has 2 aromatic rings. The highest BCUT2D eigenvalue weighted by Gasteiger charge is 2.34. The molecule has 3 nitrogen and oxygen atoms in total. The van der Waals surface area contributed by atoms with Crippen molar-refractivity contribution < 1.29 is 31.8 Å². The molecule has 0 aliphatic heterocycles. The average molecular weight is 328 g/mol. The minimum atomic E-state index is -4.74. The molecule has 0 fully saturated rings. The zero-order chi connectivity index (χ0) is 17.0. The van der Waals surface area contributed by atoms with E-state index >= 15 is 0 Å². The molecular weight excluding hydrogens is 316 g/mol. The van der Waals surface area contributed by atoms with Crippen LogP contribution in [-0.4, -0.2) is 13.1 Å². The standard InChI is InChI=1S/C16H12F4O3/c1-22-11-5-2-4-10(8-11)15(21)23-9-12-13(16(18,19)20)6-3-7-14(12)17/h2-8H,9H2,1H3. The average Bonchev–Trinajstić information content (AvgIpc) is 2.52. The molecule has 0 radical (unpaired) electrons. The summed E-state index contributed by atoms with van der Waals surface area (Å²) < 4.78 is 61.9. The Kier molecular flexibility index (Phi) is 4.88. The Morgan fingerprint density at radius 1 is 1.13 bits per heavy atom. The van der Waals surface area contributed by atoms with E-state index in [2.05, 4.69) is 0 Å². The number of halogens is 4. The molecule has 23 heavy (non-hydrogen) atoms. The van der Waals surface area contributed by atoms with E-state index in [1.54, 1.807) is 6.07 Å². The van der Waals surface area contributed by atoms with E-state index in [1.165, 1.54) is 25.3 Å². The van der Waals surface area contributed by atoms with Crippen LogP contribution in [0.4, 0.5) is 17.6 Å². The topological polar surface area (TPSA) is 35.5 Å². The van der Waals surface area contributed by atoms with Crippen LogP contribution in [0.5, 0.6) is 5.75 Å².